The Kier molecular flexibility index (Phi) is 6.02. The van der Waals surface area contributed by atoms with Gasteiger partial charge in [-0.3, -0.25) is 9.59 Å². The lowest BCUT2D eigenvalue weighted by Gasteiger charge is -2.20. The van der Waals surface area contributed by atoms with Gasteiger partial charge in [0.1, 0.15) is 11.5 Å². The molecule has 0 radical (unpaired) electrons. The molecular weight excluding hydrogens is 274 g/mol. The average molecular weight is 295 g/mol. The van der Waals surface area contributed by atoms with Gasteiger partial charge in [-0.05, 0) is 26.0 Å². The Morgan fingerprint density at radius 3 is 2.52 bits per heavy atom. The number of carbonyl (C=O) groups excluding carboxylic acids is 1. The molecule has 1 rings (SSSR count). The zero-order valence-corrected chi connectivity index (χ0v) is 12.8. The molecule has 0 unspecified atom stereocenters. The third-order valence-electron chi connectivity index (χ3n) is 2.79. The van der Waals surface area contributed by atoms with E-state index in [9.17, 15) is 9.59 Å². The van der Waals surface area contributed by atoms with Crippen LogP contribution < -0.4 is 9.47 Å². The molecule has 0 spiro atoms. The largest absolute Gasteiger partial charge is 0.497 e. The number of rotatable bonds is 7. The predicted molar refractivity (Wildman–Crippen MR) is 78.0 cm³/mol. The van der Waals surface area contributed by atoms with Crippen molar-refractivity contribution in [2.45, 2.75) is 26.4 Å². The molecular formula is C15H21NO5. The van der Waals surface area contributed by atoms with Crippen LogP contribution in [0.4, 0.5) is 0 Å². The van der Waals surface area contributed by atoms with Gasteiger partial charge in [0.05, 0.1) is 25.2 Å². The summed E-state index contributed by atoms with van der Waals surface area (Å²) in [4.78, 5) is 24.3. The van der Waals surface area contributed by atoms with E-state index in [0.29, 0.717) is 17.1 Å². The number of nitrogens with zero attached hydrogens (tertiary/aromatic N) is 1. The van der Waals surface area contributed by atoms with Crippen molar-refractivity contribution >= 4 is 11.9 Å². The van der Waals surface area contributed by atoms with E-state index in [1.54, 1.807) is 25.2 Å². The first-order valence-electron chi connectivity index (χ1n) is 6.67. The van der Waals surface area contributed by atoms with Crippen molar-refractivity contribution in [3.63, 3.8) is 0 Å². The fourth-order valence-corrected chi connectivity index (χ4v) is 1.73. The Morgan fingerprint density at radius 1 is 1.33 bits per heavy atom. The van der Waals surface area contributed by atoms with E-state index in [-0.39, 0.29) is 25.0 Å². The molecule has 0 aromatic heterocycles. The maximum Gasteiger partial charge on any atom is 0.305 e. The van der Waals surface area contributed by atoms with Crippen LogP contribution in [-0.2, 0) is 4.79 Å². The number of aliphatic carboxylic acids is 1. The van der Waals surface area contributed by atoms with E-state index in [4.69, 9.17) is 14.6 Å². The fraction of sp³-hybridized carbons (Fsp3) is 0.467. The second-order valence-electron chi connectivity index (χ2n) is 4.90. The summed E-state index contributed by atoms with van der Waals surface area (Å²) in [5.74, 6) is -0.204. The third kappa shape index (κ3) is 4.98. The first kappa shape index (κ1) is 16.8. The minimum atomic E-state index is -0.942. The number of ether oxygens (including phenoxy) is 2. The minimum absolute atomic E-state index is 0.0898. The van der Waals surface area contributed by atoms with E-state index in [0.717, 1.165) is 0 Å². The summed E-state index contributed by atoms with van der Waals surface area (Å²) in [6.07, 6.45) is -0.188. The minimum Gasteiger partial charge on any atom is -0.497 e. The number of methoxy groups -OCH3 is 1. The molecule has 0 aliphatic rings. The third-order valence-corrected chi connectivity index (χ3v) is 2.79. The lowest BCUT2D eigenvalue weighted by molar-refractivity contribution is -0.137. The van der Waals surface area contributed by atoms with Gasteiger partial charge in [-0.15, -0.1) is 0 Å². The molecule has 6 nitrogen and oxygen atoms in total. The van der Waals surface area contributed by atoms with Gasteiger partial charge in [0, 0.05) is 19.7 Å². The van der Waals surface area contributed by atoms with Crippen molar-refractivity contribution in [2.75, 3.05) is 20.7 Å². The summed E-state index contributed by atoms with van der Waals surface area (Å²) >= 11 is 0. The van der Waals surface area contributed by atoms with E-state index in [1.165, 1.54) is 12.0 Å². The maximum absolute atomic E-state index is 12.4. The Morgan fingerprint density at radius 2 is 2.00 bits per heavy atom. The Hall–Kier alpha value is -2.24. The molecule has 0 bridgehead atoms. The zero-order chi connectivity index (χ0) is 16.0. The molecule has 1 aromatic carbocycles. The summed E-state index contributed by atoms with van der Waals surface area (Å²) in [6.45, 7) is 3.87. The number of carbonyl (C=O) groups is 2. The van der Waals surface area contributed by atoms with Crippen LogP contribution in [0.5, 0.6) is 11.5 Å². The molecule has 6 heteroatoms. The molecule has 0 fully saturated rings. The maximum atomic E-state index is 12.4. The van der Waals surface area contributed by atoms with Crippen LogP contribution >= 0.6 is 0 Å². The Balaban J connectivity index is 2.98. The quantitative estimate of drug-likeness (QED) is 0.833. The van der Waals surface area contributed by atoms with Crippen molar-refractivity contribution < 1.29 is 24.2 Å². The van der Waals surface area contributed by atoms with Gasteiger partial charge < -0.3 is 19.5 Å². The van der Waals surface area contributed by atoms with Crippen LogP contribution in [0.15, 0.2) is 18.2 Å². The molecule has 0 aliphatic heterocycles. The van der Waals surface area contributed by atoms with Crippen molar-refractivity contribution in [3.05, 3.63) is 23.8 Å². The number of benzene rings is 1. The van der Waals surface area contributed by atoms with E-state index in [2.05, 4.69) is 0 Å². The van der Waals surface area contributed by atoms with Crippen LogP contribution in [-0.4, -0.2) is 48.7 Å². The summed E-state index contributed by atoms with van der Waals surface area (Å²) < 4.78 is 10.8. The first-order valence-corrected chi connectivity index (χ1v) is 6.67. The van der Waals surface area contributed by atoms with Crippen LogP contribution in [0, 0.1) is 0 Å². The van der Waals surface area contributed by atoms with Gasteiger partial charge in [-0.1, -0.05) is 0 Å². The molecule has 21 heavy (non-hydrogen) atoms. The van der Waals surface area contributed by atoms with Gasteiger partial charge in [-0.25, -0.2) is 0 Å². The highest BCUT2D eigenvalue weighted by Gasteiger charge is 2.19. The SMILES string of the molecule is COc1ccc(C(=O)N(C)CCC(=O)O)c(OC(C)C)c1. The molecule has 0 saturated heterocycles. The van der Waals surface area contributed by atoms with Crippen molar-refractivity contribution in [2.24, 2.45) is 0 Å². The highest BCUT2D eigenvalue weighted by atomic mass is 16.5. The van der Waals surface area contributed by atoms with Crippen LogP contribution in [0.3, 0.4) is 0 Å². The normalized spacial score (nSPS) is 10.3. The summed E-state index contributed by atoms with van der Waals surface area (Å²) in [5, 5.41) is 8.68. The second kappa shape index (κ2) is 7.52. The van der Waals surface area contributed by atoms with Gasteiger partial charge >= 0.3 is 5.97 Å². The average Bonchev–Trinajstić information content (AvgIpc) is 2.43. The number of amides is 1. The van der Waals surface area contributed by atoms with Crippen LogP contribution in [0.1, 0.15) is 30.6 Å². The van der Waals surface area contributed by atoms with Gasteiger partial charge in [0.2, 0.25) is 0 Å². The molecule has 1 aromatic rings. The molecule has 0 saturated carbocycles. The fourth-order valence-electron chi connectivity index (χ4n) is 1.73. The summed E-state index contributed by atoms with van der Waals surface area (Å²) in [5.41, 5.74) is 0.386. The number of carboxylic acid groups (broad SMARTS) is 1. The monoisotopic (exact) mass is 295 g/mol. The lowest BCUT2D eigenvalue weighted by atomic mass is 10.1. The number of carboxylic acids is 1. The Labute approximate surface area is 124 Å². The van der Waals surface area contributed by atoms with Gasteiger partial charge in [0.25, 0.3) is 5.91 Å². The summed E-state index contributed by atoms with van der Waals surface area (Å²) in [7, 11) is 3.10. The van der Waals surface area contributed by atoms with Crippen LogP contribution in [0.25, 0.3) is 0 Å². The second-order valence-corrected chi connectivity index (χ2v) is 4.90. The molecule has 116 valence electrons. The molecule has 1 N–H and O–H groups in total. The smallest absolute Gasteiger partial charge is 0.305 e. The predicted octanol–water partition coefficient (Wildman–Crippen LogP) is 2.03. The zero-order valence-electron chi connectivity index (χ0n) is 12.8. The van der Waals surface area contributed by atoms with E-state index in [1.807, 2.05) is 13.8 Å². The van der Waals surface area contributed by atoms with Crippen molar-refractivity contribution in [3.8, 4) is 11.5 Å². The van der Waals surface area contributed by atoms with Crippen LogP contribution in [0.2, 0.25) is 0 Å². The topological polar surface area (TPSA) is 76.1 Å². The standard InChI is InChI=1S/C15H21NO5/c1-10(2)21-13-9-11(20-4)5-6-12(13)15(19)16(3)8-7-14(17)18/h5-6,9-10H,7-8H2,1-4H3,(H,17,18). The number of hydrogen-bond donors (Lipinski definition) is 1. The highest BCUT2D eigenvalue weighted by molar-refractivity contribution is 5.97. The lowest BCUT2D eigenvalue weighted by Crippen LogP contribution is -2.29. The molecule has 1 amide bonds. The first-order chi connectivity index (χ1) is 9.85. The van der Waals surface area contributed by atoms with Crippen molar-refractivity contribution in [1.82, 2.24) is 4.90 Å². The van der Waals surface area contributed by atoms with E-state index < -0.39 is 5.97 Å². The van der Waals surface area contributed by atoms with E-state index >= 15 is 0 Å². The molecule has 0 atom stereocenters. The van der Waals surface area contributed by atoms with Gasteiger partial charge in [0.15, 0.2) is 0 Å². The highest BCUT2D eigenvalue weighted by Crippen LogP contribution is 2.26. The molecule has 0 aliphatic carbocycles. The number of hydrogen-bond acceptors (Lipinski definition) is 4. The van der Waals surface area contributed by atoms with Crippen molar-refractivity contribution in [1.29, 1.82) is 0 Å². The molecule has 0 heterocycles. The van der Waals surface area contributed by atoms with Gasteiger partial charge in [-0.2, -0.15) is 0 Å². The Bertz CT molecular complexity index is 513. The summed E-state index contributed by atoms with van der Waals surface area (Å²) in [6, 6.07) is 4.94.